The van der Waals surface area contributed by atoms with E-state index in [1.165, 1.54) is 11.3 Å². The Balaban J connectivity index is 2.31. The van der Waals surface area contributed by atoms with Crippen molar-refractivity contribution >= 4 is 17.2 Å². The van der Waals surface area contributed by atoms with E-state index in [0.29, 0.717) is 9.75 Å². The number of unbranched alkanes of at least 4 members (excludes halogenated alkanes) is 1. The van der Waals surface area contributed by atoms with Crippen molar-refractivity contribution in [1.82, 2.24) is 5.32 Å². The Hall–Kier alpha value is -1.52. The molecule has 1 rings (SSSR count). The van der Waals surface area contributed by atoms with Crippen LogP contribution in [0.4, 0.5) is 13.2 Å². The molecule has 0 fully saturated rings. The smallest absolute Gasteiger partial charge is 0.384 e. The second-order valence-electron chi connectivity index (χ2n) is 3.95. The van der Waals surface area contributed by atoms with Gasteiger partial charge in [0.05, 0.1) is 9.75 Å². The number of halogens is 3. The normalized spacial score (nSPS) is 10.8. The van der Waals surface area contributed by atoms with Crippen LogP contribution < -0.4 is 5.32 Å². The Labute approximate surface area is 118 Å². The van der Waals surface area contributed by atoms with Gasteiger partial charge in [-0.15, -0.1) is 11.3 Å². The summed E-state index contributed by atoms with van der Waals surface area (Å²) in [7, 11) is 0. The lowest BCUT2D eigenvalue weighted by Gasteiger charge is -2.06. The molecule has 7 heteroatoms. The summed E-state index contributed by atoms with van der Waals surface area (Å²) < 4.78 is 35.7. The van der Waals surface area contributed by atoms with Crippen LogP contribution in [0.1, 0.15) is 33.8 Å². The zero-order chi connectivity index (χ0) is 15.0. The predicted molar refractivity (Wildman–Crippen MR) is 70.5 cm³/mol. The van der Waals surface area contributed by atoms with Crippen molar-refractivity contribution in [3.05, 3.63) is 21.9 Å². The fourth-order valence-electron chi connectivity index (χ4n) is 1.39. The van der Waals surface area contributed by atoms with Gasteiger partial charge in [-0.3, -0.25) is 4.79 Å². The van der Waals surface area contributed by atoms with Crippen molar-refractivity contribution < 1.29 is 23.1 Å². The first-order chi connectivity index (χ1) is 9.42. The zero-order valence-electron chi connectivity index (χ0n) is 10.6. The van der Waals surface area contributed by atoms with E-state index in [9.17, 15) is 18.0 Å². The molecule has 0 saturated heterocycles. The molecule has 0 atom stereocenters. The van der Waals surface area contributed by atoms with Gasteiger partial charge in [-0.2, -0.15) is 13.2 Å². The van der Waals surface area contributed by atoms with Gasteiger partial charge in [0.15, 0.2) is 0 Å². The number of thiophene rings is 1. The number of nitrogens with one attached hydrogen (secondary N) is 1. The molecule has 0 aliphatic carbocycles. The van der Waals surface area contributed by atoms with E-state index in [2.05, 4.69) is 17.2 Å². The fraction of sp³-hybridized carbons (Fsp3) is 0.462. The van der Waals surface area contributed by atoms with Gasteiger partial charge in [-0.05, 0) is 25.0 Å². The molecule has 0 aliphatic heterocycles. The maximum absolute atomic E-state index is 11.9. The Bertz CT molecular complexity index is 500. The number of aliphatic hydroxyl groups excluding tert-OH is 1. The van der Waals surface area contributed by atoms with Crippen molar-refractivity contribution in [1.29, 1.82) is 0 Å². The van der Waals surface area contributed by atoms with Gasteiger partial charge in [0, 0.05) is 13.0 Å². The quantitative estimate of drug-likeness (QED) is 0.649. The fourth-order valence-corrected chi connectivity index (χ4v) is 2.19. The summed E-state index contributed by atoms with van der Waals surface area (Å²) >= 11 is 1.17. The molecule has 0 unspecified atom stereocenters. The second kappa shape index (κ2) is 7.92. The summed E-state index contributed by atoms with van der Waals surface area (Å²) in [5, 5.41) is 11.1. The number of rotatable bonds is 5. The summed E-state index contributed by atoms with van der Waals surface area (Å²) in [6, 6.07) is 3.25. The molecule has 1 aromatic heterocycles. The van der Waals surface area contributed by atoms with Gasteiger partial charge in [0.2, 0.25) is 0 Å². The Morgan fingerprint density at radius 3 is 2.75 bits per heavy atom. The van der Waals surface area contributed by atoms with E-state index >= 15 is 0 Å². The third-order valence-electron chi connectivity index (χ3n) is 2.29. The molecule has 110 valence electrons. The first-order valence-electron chi connectivity index (χ1n) is 5.97. The van der Waals surface area contributed by atoms with E-state index in [-0.39, 0.29) is 31.9 Å². The lowest BCUT2D eigenvalue weighted by molar-refractivity contribution is -0.135. The predicted octanol–water partition coefficient (Wildman–Crippen LogP) is 2.55. The molecule has 1 aromatic rings. The summed E-state index contributed by atoms with van der Waals surface area (Å²) in [6.07, 6.45) is -4.68. The number of carbonyl (C=O) groups excluding carboxylic acids is 1. The number of hydrogen-bond acceptors (Lipinski definition) is 3. The minimum absolute atomic E-state index is 0.00143. The maximum Gasteiger partial charge on any atom is 0.389 e. The van der Waals surface area contributed by atoms with Gasteiger partial charge >= 0.3 is 6.18 Å². The molecule has 20 heavy (non-hydrogen) atoms. The zero-order valence-corrected chi connectivity index (χ0v) is 11.4. The number of carbonyl (C=O) groups is 1. The molecule has 0 saturated carbocycles. The first kappa shape index (κ1) is 16.5. The topological polar surface area (TPSA) is 49.3 Å². The molecule has 3 nitrogen and oxygen atoms in total. The van der Waals surface area contributed by atoms with Crippen LogP contribution >= 0.6 is 11.3 Å². The van der Waals surface area contributed by atoms with E-state index in [0.717, 1.165) is 0 Å². The van der Waals surface area contributed by atoms with Crippen LogP contribution in [0.3, 0.4) is 0 Å². The molecule has 0 aliphatic rings. The van der Waals surface area contributed by atoms with Gasteiger partial charge in [0.1, 0.15) is 6.61 Å². The van der Waals surface area contributed by atoms with E-state index < -0.39 is 12.6 Å². The first-order valence-corrected chi connectivity index (χ1v) is 6.78. The molecule has 0 radical (unpaired) electrons. The van der Waals surface area contributed by atoms with E-state index in [1.54, 1.807) is 12.1 Å². The highest BCUT2D eigenvalue weighted by Crippen LogP contribution is 2.22. The van der Waals surface area contributed by atoms with E-state index in [1.807, 2.05) is 0 Å². The Morgan fingerprint density at radius 2 is 2.10 bits per heavy atom. The highest BCUT2D eigenvalue weighted by atomic mass is 32.1. The Morgan fingerprint density at radius 1 is 1.35 bits per heavy atom. The number of amides is 1. The van der Waals surface area contributed by atoms with Crippen molar-refractivity contribution in [2.45, 2.75) is 25.4 Å². The van der Waals surface area contributed by atoms with Crippen LogP contribution in [-0.2, 0) is 0 Å². The summed E-state index contributed by atoms with van der Waals surface area (Å²) in [6.45, 7) is -0.0386. The maximum atomic E-state index is 11.9. The Kier molecular flexibility index (Phi) is 6.55. The summed E-state index contributed by atoms with van der Waals surface area (Å²) in [5.41, 5.74) is 0. The van der Waals surface area contributed by atoms with Gasteiger partial charge < -0.3 is 10.4 Å². The number of alkyl halides is 3. The van der Waals surface area contributed by atoms with Gasteiger partial charge in [0.25, 0.3) is 5.91 Å². The molecule has 2 N–H and O–H groups in total. The van der Waals surface area contributed by atoms with Crippen LogP contribution in [0.5, 0.6) is 0 Å². The molecule has 0 bridgehead atoms. The third kappa shape index (κ3) is 6.59. The average Bonchev–Trinajstić information content (AvgIpc) is 2.83. The molecule has 0 aromatic carbocycles. The lowest BCUT2D eigenvalue weighted by Crippen LogP contribution is -2.23. The van der Waals surface area contributed by atoms with Gasteiger partial charge in [-0.25, -0.2) is 0 Å². The highest BCUT2D eigenvalue weighted by molar-refractivity contribution is 7.14. The molecular formula is C13H14F3NO2S. The van der Waals surface area contributed by atoms with Crippen molar-refractivity contribution in [2.24, 2.45) is 0 Å². The van der Waals surface area contributed by atoms with Crippen LogP contribution in [0, 0.1) is 11.8 Å². The van der Waals surface area contributed by atoms with Crippen molar-refractivity contribution in [3.63, 3.8) is 0 Å². The number of aliphatic hydroxyl groups is 1. The van der Waals surface area contributed by atoms with Crippen molar-refractivity contribution in [2.75, 3.05) is 13.2 Å². The minimum Gasteiger partial charge on any atom is -0.384 e. The van der Waals surface area contributed by atoms with Crippen LogP contribution in [0.25, 0.3) is 0 Å². The molecule has 0 spiro atoms. The molecule has 1 amide bonds. The lowest BCUT2D eigenvalue weighted by atomic mass is 10.2. The summed E-state index contributed by atoms with van der Waals surface area (Å²) in [5.74, 6) is 4.82. The van der Waals surface area contributed by atoms with Crippen LogP contribution in [0.2, 0.25) is 0 Å². The molecule has 1 heterocycles. The standard InChI is InChI=1S/C13H14F3NO2S/c14-13(15,16)7-1-2-8-17-12(19)11-6-5-10(20-11)4-3-9-18/h5-6,18H,1-2,7-9H2,(H,17,19). The minimum atomic E-state index is -4.14. The van der Waals surface area contributed by atoms with Crippen molar-refractivity contribution in [3.8, 4) is 11.8 Å². The third-order valence-corrected chi connectivity index (χ3v) is 3.29. The average molecular weight is 305 g/mol. The van der Waals surface area contributed by atoms with E-state index in [4.69, 9.17) is 5.11 Å². The van der Waals surface area contributed by atoms with Crippen LogP contribution in [-0.4, -0.2) is 30.3 Å². The highest BCUT2D eigenvalue weighted by Gasteiger charge is 2.25. The van der Waals surface area contributed by atoms with Gasteiger partial charge in [-0.1, -0.05) is 11.8 Å². The van der Waals surface area contributed by atoms with Crippen LogP contribution in [0.15, 0.2) is 12.1 Å². The SMILES string of the molecule is O=C(NCCCCC(F)(F)F)c1ccc(C#CCO)s1. The number of hydrogen-bond donors (Lipinski definition) is 2. The summed E-state index contributed by atoms with van der Waals surface area (Å²) in [4.78, 5) is 12.8. The monoisotopic (exact) mass is 305 g/mol. The second-order valence-corrected chi connectivity index (χ2v) is 5.04. The molecular weight excluding hydrogens is 291 g/mol. The largest absolute Gasteiger partial charge is 0.389 e.